The van der Waals surface area contributed by atoms with Gasteiger partial charge in [0.25, 0.3) is 17.1 Å². The molecule has 9 nitrogen and oxygen atoms in total. The molecule has 3 amide bonds. The number of imide groups is 1. The molecule has 1 N–H and O–H groups in total. The third-order valence-corrected chi connectivity index (χ3v) is 5.83. The van der Waals surface area contributed by atoms with Crippen molar-refractivity contribution in [1.82, 2.24) is 30.4 Å². The van der Waals surface area contributed by atoms with Crippen LogP contribution in [0.4, 0.5) is 4.79 Å². The Hall–Kier alpha value is -3.79. The van der Waals surface area contributed by atoms with Gasteiger partial charge in [-0.2, -0.15) is 0 Å². The van der Waals surface area contributed by atoms with E-state index in [1.54, 1.807) is 24.3 Å². The molecule has 4 rings (SSSR count). The molecule has 162 valence electrons. The first kappa shape index (κ1) is 21.4. The van der Waals surface area contributed by atoms with Gasteiger partial charge in [-0.15, -0.1) is 5.10 Å². The van der Waals surface area contributed by atoms with E-state index in [-0.39, 0.29) is 30.1 Å². The van der Waals surface area contributed by atoms with E-state index < -0.39 is 0 Å². The fraction of sp³-hybridized carbons (Fsp3) is 0.182. The molecule has 3 aromatic rings. The second kappa shape index (κ2) is 9.15. The molecule has 1 saturated heterocycles. The maximum Gasteiger partial charge on any atom is 0.293 e. The van der Waals surface area contributed by atoms with Crippen LogP contribution in [0.1, 0.15) is 27.0 Å². The molecule has 2 heterocycles. The summed E-state index contributed by atoms with van der Waals surface area (Å²) < 4.78 is 1.51. The first-order chi connectivity index (χ1) is 15.4. The first-order valence-electron chi connectivity index (χ1n) is 9.86. The maximum atomic E-state index is 12.6. The minimum atomic E-state index is -0.350. The molecule has 1 aliphatic heterocycles. The summed E-state index contributed by atoms with van der Waals surface area (Å²) in [6.45, 7) is 4.09. The van der Waals surface area contributed by atoms with Crippen molar-refractivity contribution in [2.45, 2.75) is 13.8 Å². The number of thioether (sulfide) groups is 1. The molecule has 0 atom stereocenters. The predicted octanol–water partition coefficient (Wildman–Crippen LogP) is 2.75. The number of hydrogen-bond acceptors (Lipinski definition) is 7. The second-order valence-corrected chi connectivity index (χ2v) is 8.25. The zero-order valence-corrected chi connectivity index (χ0v) is 18.3. The standard InChI is InChI=1S/C22H20N6O3S/c1-14-3-5-16(6-4-14)12-19-21(30)27(22(31)32-19)10-9-23-20(29)17-7-8-18(15(2)11-17)28-13-24-25-26-28/h3-8,11-13H,9-10H2,1-2H3,(H,23,29)/b19-12-. The van der Waals surface area contributed by atoms with E-state index in [1.165, 1.54) is 11.0 Å². The third kappa shape index (κ3) is 4.59. The number of aromatic nitrogens is 4. The summed E-state index contributed by atoms with van der Waals surface area (Å²) in [5.74, 6) is -0.644. The molecule has 1 fully saturated rings. The van der Waals surface area contributed by atoms with Gasteiger partial charge in [0.2, 0.25) is 0 Å². The molecule has 0 aliphatic carbocycles. The Bertz CT molecular complexity index is 1200. The van der Waals surface area contributed by atoms with Crippen molar-refractivity contribution < 1.29 is 14.4 Å². The number of aryl methyl sites for hydroxylation is 2. The topological polar surface area (TPSA) is 110 Å². The number of hydrogen-bond donors (Lipinski definition) is 1. The Kier molecular flexibility index (Phi) is 6.13. The zero-order chi connectivity index (χ0) is 22.7. The van der Waals surface area contributed by atoms with Crippen LogP contribution in [-0.4, -0.2) is 55.3 Å². The molecule has 1 aromatic heterocycles. The highest BCUT2D eigenvalue weighted by molar-refractivity contribution is 8.18. The summed E-state index contributed by atoms with van der Waals surface area (Å²) in [6.07, 6.45) is 3.18. The van der Waals surface area contributed by atoms with Gasteiger partial charge in [0.15, 0.2) is 0 Å². The van der Waals surface area contributed by atoms with E-state index in [0.29, 0.717) is 10.5 Å². The highest BCUT2D eigenvalue weighted by Gasteiger charge is 2.34. The normalized spacial score (nSPS) is 14.9. The van der Waals surface area contributed by atoms with Gasteiger partial charge in [0.1, 0.15) is 6.33 Å². The lowest BCUT2D eigenvalue weighted by atomic mass is 10.1. The van der Waals surface area contributed by atoms with E-state index in [4.69, 9.17) is 0 Å². The van der Waals surface area contributed by atoms with Crippen molar-refractivity contribution in [3.63, 3.8) is 0 Å². The third-order valence-electron chi connectivity index (χ3n) is 4.92. The first-order valence-corrected chi connectivity index (χ1v) is 10.7. The van der Waals surface area contributed by atoms with Crippen LogP contribution in [0.3, 0.4) is 0 Å². The van der Waals surface area contributed by atoms with E-state index in [1.807, 2.05) is 38.1 Å². The van der Waals surface area contributed by atoms with Gasteiger partial charge in [-0.3, -0.25) is 19.3 Å². The zero-order valence-electron chi connectivity index (χ0n) is 17.5. The number of nitrogens with one attached hydrogen (secondary N) is 1. The number of amides is 3. The molecule has 0 spiro atoms. The Morgan fingerprint density at radius 2 is 1.91 bits per heavy atom. The monoisotopic (exact) mass is 448 g/mol. The number of carbonyl (C=O) groups is 3. The van der Waals surface area contributed by atoms with Crippen LogP contribution in [0.5, 0.6) is 0 Å². The fourth-order valence-corrected chi connectivity index (χ4v) is 4.08. The lowest BCUT2D eigenvalue weighted by molar-refractivity contribution is -0.122. The second-order valence-electron chi connectivity index (χ2n) is 7.26. The van der Waals surface area contributed by atoms with Crippen LogP contribution in [0.25, 0.3) is 11.8 Å². The van der Waals surface area contributed by atoms with Gasteiger partial charge >= 0.3 is 0 Å². The van der Waals surface area contributed by atoms with Crippen LogP contribution in [0.15, 0.2) is 53.7 Å². The number of carbonyl (C=O) groups excluding carboxylic acids is 3. The average Bonchev–Trinajstić information content (AvgIpc) is 3.39. The molecule has 0 bridgehead atoms. The Morgan fingerprint density at radius 3 is 2.59 bits per heavy atom. The molecule has 0 radical (unpaired) electrons. The summed E-state index contributed by atoms with van der Waals surface area (Å²) in [4.78, 5) is 38.9. The molecule has 2 aromatic carbocycles. The molecule has 1 aliphatic rings. The fourth-order valence-electron chi connectivity index (χ4n) is 3.22. The highest BCUT2D eigenvalue weighted by Crippen LogP contribution is 2.31. The Balaban J connectivity index is 1.35. The molecular formula is C22H20N6O3S. The van der Waals surface area contributed by atoms with E-state index >= 15 is 0 Å². The van der Waals surface area contributed by atoms with Crippen molar-refractivity contribution in [3.8, 4) is 5.69 Å². The number of tetrazole rings is 1. The van der Waals surface area contributed by atoms with E-state index in [9.17, 15) is 14.4 Å². The summed E-state index contributed by atoms with van der Waals surface area (Å²) >= 11 is 0.906. The highest BCUT2D eigenvalue weighted by atomic mass is 32.2. The lowest BCUT2D eigenvalue weighted by Crippen LogP contribution is -2.37. The lowest BCUT2D eigenvalue weighted by Gasteiger charge is -2.13. The summed E-state index contributed by atoms with van der Waals surface area (Å²) in [5, 5.41) is 13.5. The van der Waals surface area contributed by atoms with Crippen molar-refractivity contribution >= 4 is 34.9 Å². The van der Waals surface area contributed by atoms with Crippen molar-refractivity contribution in [2.75, 3.05) is 13.1 Å². The minimum absolute atomic E-state index is 0.101. The summed E-state index contributed by atoms with van der Waals surface area (Å²) in [6, 6.07) is 12.9. The SMILES string of the molecule is Cc1ccc(/C=C2\SC(=O)N(CCNC(=O)c3ccc(-n4cnnn4)c(C)c3)C2=O)cc1. The number of benzene rings is 2. The smallest absolute Gasteiger partial charge is 0.293 e. The van der Waals surface area contributed by atoms with Crippen LogP contribution in [-0.2, 0) is 4.79 Å². The predicted molar refractivity (Wildman–Crippen MR) is 120 cm³/mol. The van der Waals surface area contributed by atoms with Gasteiger partial charge < -0.3 is 5.32 Å². The average molecular weight is 449 g/mol. The van der Waals surface area contributed by atoms with Crippen molar-refractivity contribution in [1.29, 1.82) is 0 Å². The minimum Gasteiger partial charge on any atom is -0.350 e. The van der Waals surface area contributed by atoms with Crippen LogP contribution in [0, 0.1) is 13.8 Å². The molecular weight excluding hydrogens is 428 g/mol. The van der Waals surface area contributed by atoms with Gasteiger partial charge in [-0.25, -0.2) is 4.68 Å². The van der Waals surface area contributed by atoms with Crippen LogP contribution >= 0.6 is 11.8 Å². The van der Waals surface area contributed by atoms with Crippen LogP contribution in [0.2, 0.25) is 0 Å². The summed E-state index contributed by atoms with van der Waals surface area (Å²) in [5.41, 5.74) is 4.04. The molecule has 32 heavy (non-hydrogen) atoms. The summed E-state index contributed by atoms with van der Waals surface area (Å²) in [7, 11) is 0. The van der Waals surface area contributed by atoms with Crippen molar-refractivity contribution in [2.24, 2.45) is 0 Å². The quantitative estimate of drug-likeness (QED) is 0.577. The van der Waals surface area contributed by atoms with Crippen molar-refractivity contribution in [3.05, 3.63) is 76.0 Å². The van der Waals surface area contributed by atoms with Gasteiger partial charge in [0.05, 0.1) is 10.6 Å². The van der Waals surface area contributed by atoms with E-state index in [0.717, 1.165) is 39.0 Å². The van der Waals surface area contributed by atoms with Gasteiger partial charge in [-0.1, -0.05) is 29.8 Å². The van der Waals surface area contributed by atoms with Gasteiger partial charge in [-0.05, 0) is 71.4 Å². The van der Waals surface area contributed by atoms with E-state index in [2.05, 4.69) is 20.8 Å². The molecule has 10 heteroatoms. The Labute approximate surface area is 188 Å². The largest absolute Gasteiger partial charge is 0.350 e. The number of nitrogens with zero attached hydrogens (tertiary/aromatic N) is 5. The molecule has 0 unspecified atom stereocenters. The van der Waals surface area contributed by atoms with Gasteiger partial charge in [0, 0.05) is 18.7 Å². The number of rotatable bonds is 6. The van der Waals surface area contributed by atoms with Crippen LogP contribution < -0.4 is 5.32 Å². The Morgan fingerprint density at radius 1 is 1.12 bits per heavy atom. The molecule has 0 saturated carbocycles. The maximum absolute atomic E-state index is 12.6.